The highest BCUT2D eigenvalue weighted by atomic mass is 14.5. The van der Waals surface area contributed by atoms with Crippen molar-refractivity contribution < 1.29 is 0 Å². The second kappa shape index (κ2) is 24.2. The van der Waals surface area contributed by atoms with Crippen molar-refractivity contribution in [1.29, 1.82) is 0 Å². The lowest BCUT2D eigenvalue weighted by molar-refractivity contribution is 0.601. The van der Waals surface area contributed by atoms with Crippen molar-refractivity contribution >= 4 is 75.4 Å². The Hall–Kier alpha value is -13.0. The number of hydrogen-bond donors (Lipinski definition) is 0. The second-order valence-corrected chi connectivity index (χ2v) is 34.3. The highest BCUT2D eigenvalue weighted by molar-refractivity contribution is 6.23. The van der Waals surface area contributed by atoms with E-state index in [-0.39, 0.29) is 21.7 Å². The predicted molar refractivity (Wildman–Crippen MR) is 478 cm³/mol. The van der Waals surface area contributed by atoms with Gasteiger partial charge in [-0.05, 0) is 304 Å². The maximum atomic E-state index is 2.53. The third-order valence-corrected chi connectivity index (χ3v) is 26.6. The fourth-order valence-corrected chi connectivity index (χ4v) is 20.6. The van der Waals surface area contributed by atoms with Gasteiger partial charge in [-0.1, -0.05) is 334 Å². The lowest BCUT2D eigenvalue weighted by Crippen LogP contribution is -2.24. The molecule has 0 heteroatoms. The van der Waals surface area contributed by atoms with Crippen molar-refractivity contribution in [1.82, 2.24) is 0 Å². The van der Waals surface area contributed by atoms with E-state index in [4.69, 9.17) is 0 Å². The van der Waals surface area contributed by atoms with Crippen molar-refractivity contribution in [2.45, 2.75) is 77.0 Å². The van der Waals surface area contributed by atoms with Crippen molar-refractivity contribution in [3.63, 3.8) is 0 Å². The van der Waals surface area contributed by atoms with Crippen molar-refractivity contribution in [3.8, 4) is 111 Å². The van der Waals surface area contributed by atoms with E-state index in [1.54, 1.807) is 0 Å². The van der Waals surface area contributed by atoms with Gasteiger partial charge in [-0.3, -0.25) is 0 Å². The van der Waals surface area contributed by atoms with E-state index in [0.717, 1.165) is 0 Å². The Labute approximate surface area is 655 Å². The highest BCUT2D eigenvalue weighted by Gasteiger charge is 2.47. The summed E-state index contributed by atoms with van der Waals surface area (Å²) in [6, 6.07) is 133. The molecule has 0 bridgehead atoms. The molecule has 0 N–H and O–H groups in total. The number of fused-ring (bicyclic) bond motifs is 22. The molecule has 19 aromatic rings. The summed E-state index contributed by atoms with van der Waals surface area (Å²) in [5, 5.41) is 17.9. The minimum absolute atomic E-state index is 0.00928. The van der Waals surface area contributed by atoms with Crippen LogP contribution < -0.4 is 0 Å². The molecule has 530 valence electrons. The molecule has 0 spiro atoms. The van der Waals surface area contributed by atoms with E-state index >= 15 is 0 Å². The molecule has 0 fully saturated rings. The van der Waals surface area contributed by atoms with Gasteiger partial charge < -0.3 is 0 Å². The van der Waals surface area contributed by atoms with Crippen LogP contribution in [0.1, 0.15) is 99.9 Å². The van der Waals surface area contributed by atoms with Gasteiger partial charge in [-0.15, -0.1) is 0 Å². The van der Waals surface area contributed by atoms with Gasteiger partial charge in [0.1, 0.15) is 0 Å². The largest absolute Gasteiger partial charge is 0.0619 e. The molecule has 0 radical (unpaired) electrons. The van der Waals surface area contributed by atoms with Gasteiger partial charge >= 0.3 is 0 Å². The molecule has 19 aromatic carbocycles. The Bertz CT molecular complexity index is 7300. The molecular weight excluding hydrogens is 1350 g/mol. The summed E-state index contributed by atoms with van der Waals surface area (Å²) in [7, 11) is 0. The number of rotatable bonds is 6. The third-order valence-electron chi connectivity index (χ3n) is 26.6. The van der Waals surface area contributed by atoms with E-state index in [1.165, 1.54) is 231 Å². The zero-order valence-corrected chi connectivity index (χ0v) is 64.5. The molecule has 0 unspecified atom stereocenters. The molecular formula is C112H82. The van der Waals surface area contributed by atoms with Crippen LogP contribution in [0.4, 0.5) is 0 Å². The van der Waals surface area contributed by atoms with E-state index in [0.29, 0.717) is 0 Å². The molecule has 112 heavy (non-hydrogen) atoms. The molecule has 23 rings (SSSR count). The quantitative estimate of drug-likeness (QED) is 0.146. The first-order valence-corrected chi connectivity index (χ1v) is 39.9. The molecule has 0 heterocycles. The van der Waals surface area contributed by atoms with Crippen molar-refractivity contribution in [2.24, 2.45) is 0 Å². The van der Waals surface area contributed by atoms with Gasteiger partial charge in [0.05, 0.1) is 0 Å². The fourth-order valence-electron chi connectivity index (χ4n) is 20.6. The zero-order valence-electron chi connectivity index (χ0n) is 64.5. The van der Waals surface area contributed by atoms with Gasteiger partial charge in [0, 0.05) is 21.7 Å². The average Bonchev–Trinajstić information content (AvgIpc) is 1.53. The molecule has 0 saturated heterocycles. The summed E-state index contributed by atoms with van der Waals surface area (Å²) in [5.41, 5.74) is 37.3. The van der Waals surface area contributed by atoms with E-state index in [1.807, 2.05) is 0 Å². The zero-order chi connectivity index (χ0) is 75.3. The van der Waals surface area contributed by atoms with E-state index in [9.17, 15) is 0 Å². The van der Waals surface area contributed by atoms with Gasteiger partial charge in [0.25, 0.3) is 0 Å². The van der Waals surface area contributed by atoms with Crippen LogP contribution in [-0.4, -0.2) is 0 Å². The molecule has 0 saturated carbocycles. The maximum Gasteiger partial charge on any atom is 0.0162 e. The van der Waals surface area contributed by atoms with Gasteiger partial charge in [-0.25, -0.2) is 0 Å². The smallest absolute Gasteiger partial charge is 0.0162 e. The lowest BCUT2D eigenvalue weighted by atomic mass is 9.72. The van der Waals surface area contributed by atoms with Gasteiger partial charge in [0.15, 0.2) is 0 Å². The summed E-state index contributed by atoms with van der Waals surface area (Å²) in [4.78, 5) is 0. The molecule has 4 aliphatic rings. The monoisotopic (exact) mass is 1430 g/mol. The number of hydrogen-bond acceptors (Lipinski definition) is 0. The lowest BCUT2D eigenvalue weighted by Gasteiger charge is -2.31. The van der Waals surface area contributed by atoms with Crippen molar-refractivity contribution in [3.05, 3.63) is 396 Å². The molecule has 0 atom stereocenters. The van der Waals surface area contributed by atoms with Gasteiger partial charge in [0.2, 0.25) is 0 Å². The highest BCUT2D eigenvalue weighted by Crippen LogP contribution is 2.61. The molecule has 0 amide bonds. The average molecular weight is 1430 g/mol. The van der Waals surface area contributed by atoms with Crippen LogP contribution >= 0.6 is 0 Å². The molecule has 4 aliphatic carbocycles. The Kier molecular flexibility index (Phi) is 14.3. The van der Waals surface area contributed by atoms with Crippen LogP contribution in [0.2, 0.25) is 0 Å². The van der Waals surface area contributed by atoms with Crippen molar-refractivity contribution in [2.75, 3.05) is 0 Å². The summed E-state index contributed by atoms with van der Waals surface area (Å²) in [5.74, 6) is 0. The summed E-state index contributed by atoms with van der Waals surface area (Å²) in [6.45, 7) is 19.3. The Balaban J connectivity index is 0.000000138. The molecule has 0 aromatic heterocycles. The third kappa shape index (κ3) is 10.00. The summed E-state index contributed by atoms with van der Waals surface area (Å²) >= 11 is 0. The molecule has 0 aliphatic heterocycles. The second-order valence-electron chi connectivity index (χ2n) is 34.3. The number of benzene rings is 19. The Morgan fingerprint density at radius 2 is 0.473 bits per heavy atom. The fraction of sp³-hybridized carbons (Fsp3) is 0.107. The van der Waals surface area contributed by atoms with Crippen LogP contribution in [-0.2, 0) is 21.7 Å². The van der Waals surface area contributed by atoms with Crippen LogP contribution in [0.25, 0.3) is 187 Å². The van der Waals surface area contributed by atoms with E-state index in [2.05, 4.69) is 407 Å². The summed E-state index contributed by atoms with van der Waals surface area (Å²) in [6.07, 6.45) is 0. The summed E-state index contributed by atoms with van der Waals surface area (Å²) < 4.78 is 0. The maximum absolute atomic E-state index is 2.53. The standard InChI is InChI=1S/C58H42.C54H40/c1-57(2)52-19-10-9-17-46(52)50-33-51-49-31-41(26-27-53(49)58(3,4)55(51)34-54(50)57)37-14-11-13-36(28-37)38-21-22-40-30-42(24-23-39(40)29-38)48-32-43-25-20-35-12-5-6-15-44(35)56(43)47-18-8-7-16-45(47)48;1-53(2)49-26-22-43(41-16-14-34-10-6-8-12-36(34)28-41)31-48(49)47-25-24-46-45-23-21-44(32-50(45)54(3,4)51(46)52(47)53)42-20-19-39-29-38(17-18-40(39)30-42)37-15-13-33-9-5-7-11-35(33)27-37/h5-34H,1-4H3;5-32H,1-4H3. The Morgan fingerprint density at radius 3 is 1.05 bits per heavy atom. The first kappa shape index (κ1) is 66.0. The van der Waals surface area contributed by atoms with Crippen LogP contribution in [0.5, 0.6) is 0 Å². The van der Waals surface area contributed by atoms with Gasteiger partial charge in [-0.2, -0.15) is 0 Å². The minimum atomic E-state index is -0.141. The molecule has 0 nitrogen and oxygen atoms in total. The first-order valence-electron chi connectivity index (χ1n) is 39.9. The topological polar surface area (TPSA) is 0 Å². The van der Waals surface area contributed by atoms with Crippen LogP contribution in [0.3, 0.4) is 0 Å². The normalized spacial score (nSPS) is 14.5. The SMILES string of the molecule is CC1(C)c2ccc(-c3ccc4ccccc4c3)cc2-c2ccc3c(c21)C(C)(C)c1cc(-c2ccc4cc(-c5ccc6ccccc6c5)ccc4c2)ccc1-3.CC1(C)c2ccccc2-c2cc3c(cc21)C(C)(C)c1ccc(-c2cccc(-c4ccc5cc(-c6cc7ccc8ccccc8c7c7ccccc67)ccc5c4)c2)cc1-3. The minimum Gasteiger partial charge on any atom is -0.0619 e. The predicted octanol–water partition coefficient (Wildman–Crippen LogP) is 30.7. The Morgan fingerprint density at radius 1 is 0.143 bits per heavy atom. The van der Waals surface area contributed by atoms with Crippen LogP contribution in [0, 0.1) is 0 Å². The van der Waals surface area contributed by atoms with Crippen LogP contribution in [0.15, 0.2) is 352 Å². The van der Waals surface area contributed by atoms with E-state index < -0.39 is 0 Å². The first-order chi connectivity index (χ1) is 54.5.